The third kappa shape index (κ3) is 3.71. The molecule has 0 spiro atoms. The average molecular weight is 308 g/mol. The lowest BCUT2D eigenvalue weighted by molar-refractivity contribution is 0.546. The second-order valence-electron chi connectivity index (χ2n) is 5.04. The number of nitrogen functional groups attached to an aromatic ring is 1. The number of aryl methyl sites for hydroxylation is 1. The molecule has 2 rings (SSSR count). The van der Waals surface area contributed by atoms with Crippen molar-refractivity contribution in [1.82, 2.24) is 10.3 Å². The molecule has 0 bridgehead atoms. The number of pyridine rings is 1. The highest BCUT2D eigenvalue weighted by Crippen LogP contribution is 2.30. The van der Waals surface area contributed by atoms with Gasteiger partial charge in [0.25, 0.3) is 0 Å². The number of hydrogen-bond donors (Lipinski definition) is 2. The number of nitrogens with zero attached hydrogens (tertiary/aromatic N) is 1. The van der Waals surface area contributed by atoms with Gasteiger partial charge in [0.2, 0.25) is 0 Å². The Morgan fingerprint density at radius 3 is 2.81 bits per heavy atom. The molecule has 0 fully saturated rings. The molecule has 1 aromatic heterocycles. The van der Waals surface area contributed by atoms with Gasteiger partial charge in [0, 0.05) is 17.3 Å². The number of halogens is 2. The van der Waals surface area contributed by atoms with Crippen LogP contribution in [0.5, 0.6) is 0 Å². The Labute approximate surface area is 129 Å². The van der Waals surface area contributed by atoms with Gasteiger partial charge in [-0.05, 0) is 32.0 Å². The van der Waals surface area contributed by atoms with E-state index in [1.165, 1.54) is 12.3 Å². The van der Waals surface area contributed by atoms with Gasteiger partial charge in [0.1, 0.15) is 11.6 Å². The molecule has 0 aliphatic carbocycles. The van der Waals surface area contributed by atoms with Crippen molar-refractivity contribution in [3.63, 3.8) is 0 Å². The van der Waals surface area contributed by atoms with Gasteiger partial charge in [-0.15, -0.1) is 0 Å². The first-order valence-electron chi connectivity index (χ1n) is 6.93. The van der Waals surface area contributed by atoms with Crippen LogP contribution in [0.3, 0.4) is 0 Å². The first kappa shape index (κ1) is 15.7. The van der Waals surface area contributed by atoms with Gasteiger partial charge in [-0.25, -0.2) is 9.37 Å². The second kappa shape index (κ2) is 6.87. The highest BCUT2D eigenvalue weighted by atomic mass is 35.5. The summed E-state index contributed by atoms with van der Waals surface area (Å²) in [5, 5.41) is 3.80. The van der Waals surface area contributed by atoms with Crippen LogP contribution in [0.2, 0.25) is 5.02 Å². The van der Waals surface area contributed by atoms with Gasteiger partial charge in [-0.2, -0.15) is 0 Å². The molecule has 21 heavy (non-hydrogen) atoms. The largest absolute Gasteiger partial charge is 0.383 e. The quantitative estimate of drug-likeness (QED) is 0.882. The summed E-state index contributed by atoms with van der Waals surface area (Å²) < 4.78 is 14.2. The molecular weight excluding hydrogens is 289 g/mol. The number of aromatic nitrogens is 1. The van der Waals surface area contributed by atoms with E-state index < -0.39 is 0 Å². The van der Waals surface area contributed by atoms with Crippen molar-refractivity contribution < 1.29 is 4.39 Å². The highest BCUT2D eigenvalue weighted by molar-refractivity contribution is 6.30. The minimum atomic E-state index is -0.365. The molecule has 0 amide bonds. The Kier molecular flexibility index (Phi) is 5.15. The van der Waals surface area contributed by atoms with Gasteiger partial charge in [-0.1, -0.05) is 36.2 Å². The molecule has 0 aliphatic rings. The zero-order valence-electron chi connectivity index (χ0n) is 12.2. The van der Waals surface area contributed by atoms with E-state index in [1.54, 1.807) is 12.1 Å². The SMILES string of the molecule is CCCNC(c1cc(C)ccc1F)c1cc(Cl)cnc1N. The minimum absolute atomic E-state index is 0.270. The lowest BCUT2D eigenvalue weighted by Crippen LogP contribution is -2.25. The van der Waals surface area contributed by atoms with Crippen LogP contribution >= 0.6 is 11.6 Å². The smallest absolute Gasteiger partial charge is 0.128 e. The number of benzene rings is 1. The summed E-state index contributed by atoms with van der Waals surface area (Å²) in [4.78, 5) is 4.07. The van der Waals surface area contributed by atoms with Crippen LogP contribution in [0, 0.1) is 12.7 Å². The zero-order chi connectivity index (χ0) is 15.4. The first-order chi connectivity index (χ1) is 10.0. The number of nitrogens with two attached hydrogens (primary N) is 1. The monoisotopic (exact) mass is 307 g/mol. The summed E-state index contributed by atoms with van der Waals surface area (Å²) in [5.74, 6) is 0.0856. The van der Waals surface area contributed by atoms with Crippen LogP contribution < -0.4 is 11.1 Å². The predicted octanol–water partition coefficient (Wildman–Crippen LogP) is 3.85. The number of anilines is 1. The number of nitrogens with one attached hydrogen (secondary N) is 1. The van der Waals surface area contributed by atoms with Crippen LogP contribution in [-0.2, 0) is 0 Å². The topological polar surface area (TPSA) is 50.9 Å². The van der Waals surface area contributed by atoms with Crippen molar-refractivity contribution >= 4 is 17.4 Å². The average Bonchev–Trinajstić information content (AvgIpc) is 2.46. The van der Waals surface area contributed by atoms with Gasteiger partial charge in [0.15, 0.2) is 0 Å². The predicted molar refractivity (Wildman–Crippen MR) is 84.9 cm³/mol. The molecule has 5 heteroatoms. The maximum absolute atomic E-state index is 14.2. The molecule has 1 heterocycles. The second-order valence-corrected chi connectivity index (χ2v) is 5.48. The summed E-state index contributed by atoms with van der Waals surface area (Å²) >= 11 is 6.01. The first-order valence-corrected chi connectivity index (χ1v) is 7.31. The van der Waals surface area contributed by atoms with Crippen molar-refractivity contribution in [2.24, 2.45) is 0 Å². The summed E-state index contributed by atoms with van der Waals surface area (Å²) in [6, 6.07) is 6.41. The van der Waals surface area contributed by atoms with Crippen molar-refractivity contribution in [2.75, 3.05) is 12.3 Å². The standard InChI is InChI=1S/C16H19ClFN3/c1-3-6-20-15(12-7-10(2)4-5-14(12)18)13-8-11(17)9-21-16(13)19/h4-5,7-9,15,20H,3,6H2,1-2H3,(H2,19,21). The fourth-order valence-corrected chi connectivity index (χ4v) is 2.42. The maximum Gasteiger partial charge on any atom is 0.128 e. The molecule has 1 atom stereocenters. The maximum atomic E-state index is 14.2. The molecule has 2 aromatic rings. The summed E-state index contributed by atoms with van der Waals surface area (Å²) in [6.07, 6.45) is 2.42. The lowest BCUT2D eigenvalue weighted by Gasteiger charge is -2.22. The molecule has 0 radical (unpaired) electrons. The van der Waals surface area contributed by atoms with Crippen molar-refractivity contribution in [3.05, 3.63) is 58.0 Å². The van der Waals surface area contributed by atoms with Crippen LogP contribution in [0.4, 0.5) is 10.2 Å². The third-order valence-corrected chi connectivity index (χ3v) is 3.49. The normalized spacial score (nSPS) is 12.4. The van der Waals surface area contributed by atoms with Crippen LogP contribution in [0.15, 0.2) is 30.5 Å². The molecule has 0 saturated carbocycles. The molecular formula is C16H19ClFN3. The lowest BCUT2D eigenvalue weighted by atomic mass is 9.97. The Morgan fingerprint density at radius 1 is 1.33 bits per heavy atom. The zero-order valence-corrected chi connectivity index (χ0v) is 12.9. The van der Waals surface area contributed by atoms with Crippen LogP contribution in [-0.4, -0.2) is 11.5 Å². The molecule has 0 aliphatic heterocycles. The van der Waals surface area contributed by atoms with E-state index in [0.29, 0.717) is 22.0 Å². The van der Waals surface area contributed by atoms with Crippen LogP contribution in [0.25, 0.3) is 0 Å². The van der Waals surface area contributed by atoms with Gasteiger partial charge >= 0.3 is 0 Å². The molecule has 3 N–H and O–H groups in total. The summed E-state index contributed by atoms with van der Waals surface area (Å²) in [6.45, 7) is 4.72. The Bertz CT molecular complexity index is 579. The fourth-order valence-electron chi connectivity index (χ4n) is 2.26. The van der Waals surface area contributed by atoms with E-state index in [4.69, 9.17) is 17.3 Å². The van der Waals surface area contributed by atoms with Gasteiger partial charge < -0.3 is 11.1 Å². The summed E-state index contributed by atoms with van der Waals surface area (Å²) in [5.41, 5.74) is 8.19. The Morgan fingerprint density at radius 2 is 2.10 bits per heavy atom. The van der Waals surface area contributed by atoms with Crippen molar-refractivity contribution in [3.8, 4) is 0 Å². The third-order valence-electron chi connectivity index (χ3n) is 3.29. The molecule has 1 aromatic carbocycles. The molecule has 3 nitrogen and oxygen atoms in total. The van der Waals surface area contributed by atoms with E-state index in [9.17, 15) is 4.39 Å². The van der Waals surface area contributed by atoms with E-state index in [0.717, 1.165) is 18.5 Å². The minimum Gasteiger partial charge on any atom is -0.383 e. The van der Waals surface area contributed by atoms with Gasteiger partial charge in [0.05, 0.1) is 11.1 Å². The Balaban J connectivity index is 2.52. The van der Waals surface area contributed by atoms with E-state index in [2.05, 4.69) is 17.2 Å². The van der Waals surface area contributed by atoms with E-state index in [1.807, 2.05) is 13.0 Å². The van der Waals surface area contributed by atoms with Crippen molar-refractivity contribution in [1.29, 1.82) is 0 Å². The fraction of sp³-hybridized carbons (Fsp3) is 0.312. The molecule has 112 valence electrons. The molecule has 0 saturated heterocycles. The number of rotatable bonds is 5. The highest BCUT2D eigenvalue weighted by Gasteiger charge is 2.20. The van der Waals surface area contributed by atoms with Gasteiger partial charge in [-0.3, -0.25) is 0 Å². The van der Waals surface area contributed by atoms with E-state index >= 15 is 0 Å². The van der Waals surface area contributed by atoms with E-state index in [-0.39, 0.29) is 11.9 Å². The Hall–Kier alpha value is -1.65. The summed E-state index contributed by atoms with van der Waals surface area (Å²) in [7, 11) is 0. The van der Waals surface area contributed by atoms with Crippen LogP contribution in [0.1, 0.15) is 36.1 Å². The van der Waals surface area contributed by atoms with Crippen molar-refractivity contribution in [2.45, 2.75) is 26.3 Å². The number of hydrogen-bond acceptors (Lipinski definition) is 3. The molecule has 1 unspecified atom stereocenters.